The van der Waals surface area contributed by atoms with Crippen molar-refractivity contribution in [2.24, 2.45) is 7.05 Å². The minimum atomic E-state index is -3.45. The summed E-state index contributed by atoms with van der Waals surface area (Å²) in [7, 11) is -4.03. The van der Waals surface area contributed by atoms with Crippen LogP contribution in [0.1, 0.15) is 88.0 Å². The molecule has 1 N–H and O–H groups in total. The summed E-state index contributed by atoms with van der Waals surface area (Å²) in [5, 5.41) is -0.124. The maximum Gasteiger partial charge on any atom is 0.250 e. The van der Waals surface area contributed by atoms with E-state index in [4.69, 9.17) is 16.0 Å². The molecule has 2 atom stereocenters. The van der Waals surface area contributed by atoms with E-state index in [-0.39, 0.29) is 38.3 Å². The summed E-state index contributed by atoms with van der Waals surface area (Å²) in [6, 6.07) is 9.03. The normalized spacial score (nSPS) is 14.2. The first-order valence-electron chi connectivity index (χ1n) is 15.8. The molecule has 0 spiro atoms. The van der Waals surface area contributed by atoms with Crippen LogP contribution in [0.25, 0.3) is 11.1 Å². The molecule has 0 fully saturated rings. The first kappa shape index (κ1) is 40.1. The lowest BCUT2D eigenvalue weighted by Gasteiger charge is -2.37. The lowest BCUT2D eigenvalue weighted by Crippen LogP contribution is -2.43. The van der Waals surface area contributed by atoms with Gasteiger partial charge in [-0.15, -0.1) is 4.72 Å². The Labute approximate surface area is 293 Å². The zero-order chi connectivity index (χ0) is 36.4. The molecule has 3 aromatic rings. The maximum atomic E-state index is 14.1. The molecule has 0 amide bonds. The maximum absolute atomic E-state index is 14.1. The highest BCUT2D eigenvalue weighted by atomic mass is 35.5. The molecule has 0 saturated carbocycles. The van der Waals surface area contributed by atoms with Crippen molar-refractivity contribution in [2.75, 3.05) is 12.4 Å². The molecule has 48 heavy (non-hydrogen) atoms. The number of carbonyl (C=O) groups is 1. The standard InChI is InChI=1S/C35H48ClFN2O6S2Si/c1-11-47(43,44)22-23-12-14-25(33(41)26-15-13-24(37)19-30(26)36)27(18-23)29-21-39(8)32(40)20-28(29)31(38-46(42)34(2,3)4)16-17-45-48(9,10)35(5,6)7/h12-15,18-21,31,38H,11,16-17,22H2,1-10H3/t31-,46?/m0/s1. The average Bonchev–Trinajstić information content (AvgIpc) is 2.96. The number of pyridine rings is 1. The SMILES string of the molecule is CCS(=O)(=O)Cc1ccc(C(=O)c2ccc(F)cc2Cl)c(-c2cn(C)c(=O)cc2[C@H](CCO[Si](C)(C)C(C)(C)C)N[S+]([O-])C(C)(C)C)c1. The Bertz CT molecular complexity index is 1820. The highest BCUT2D eigenvalue weighted by Crippen LogP contribution is 2.38. The van der Waals surface area contributed by atoms with E-state index in [0.717, 1.165) is 12.1 Å². The van der Waals surface area contributed by atoms with Crippen LogP contribution >= 0.6 is 11.6 Å². The molecule has 8 nitrogen and oxygen atoms in total. The fraction of sp³-hybridized carbons (Fsp3) is 0.486. The van der Waals surface area contributed by atoms with Crippen molar-refractivity contribution in [3.8, 4) is 11.1 Å². The van der Waals surface area contributed by atoms with E-state index in [1.165, 1.54) is 22.8 Å². The zero-order valence-corrected chi connectivity index (χ0v) is 32.9. The van der Waals surface area contributed by atoms with E-state index in [1.807, 2.05) is 20.8 Å². The predicted octanol–water partition coefficient (Wildman–Crippen LogP) is 7.52. The van der Waals surface area contributed by atoms with Gasteiger partial charge in [-0.3, -0.25) is 9.59 Å². The Morgan fingerprint density at radius 1 is 1.06 bits per heavy atom. The quantitative estimate of drug-likeness (QED) is 0.110. The number of hydrogen-bond donors (Lipinski definition) is 1. The number of aryl methyl sites for hydroxylation is 1. The molecule has 264 valence electrons. The fourth-order valence-electron chi connectivity index (χ4n) is 4.67. The first-order chi connectivity index (χ1) is 22.0. The average molecular weight is 739 g/mol. The molecule has 0 bridgehead atoms. The van der Waals surface area contributed by atoms with Crippen LogP contribution in [0.3, 0.4) is 0 Å². The van der Waals surface area contributed by atoms with Crippen molar-refractivity contribution >= 4 is 46.9 Å². The minimum absolute atomic E-state index is 0.0475. The Hall–Kier alpha value is -2.32. The van der Waals surface area contributed by atoms with Crippen LogP contribution in [0.5, 0.6) is 0 Å². The van der Waals surface area contributed by atoms with Gasteiger partial charge in [-0.25, -0.2) is 12.8 Å². The molecule has 1 unspecified atom stereocenters. The van der Waals surface area contributed by atoms with Gasteiger partial charge in [0.15, 0.2) is 23.9 Å². The molecule has 13 heteroatoms. The number of halogens is 2. The lowest BCUT2D eigenvalue weighted by molar-refractivity contribution is 0.103. The highest BCUT2D eigenvalue weighted by Gasteiger charge is 2.38. The molecular formula is C35H48ClFN2O6S2Si. The van der Waals surface area contributed by atoms with E-state index >= 15 is 0 Å². The summed E-state index contributed by atoms with van der Waals surface area (Å²) in [4.78, 5) is 27.3. The van der Waals surface area contributed by atoms with Crippen molar-refractivity contribution in [3.05, 3.63) is 92.1 Å². The second-order valence-corrected chi connectivity index (χ2v) is 24.1. The molecule has 2 aromatic carbocycles. The second-order valence-electron chi connectivity index (χ2n) is 14.6. The van der Waals surface area contributed by atoms with Gasteiger partial charge in [0, 0.05) is 59.7 Å². The van der Waals surface area contributed by atoms with Crippen molar-refractivity contribution in [1.29, 1.82) is 0 Å². The number of nitrogens with zero attached hydrogens (tertiary/aromatic N) is 1. The Morgan fingerprint density at radius 2 is 1.69 bits per heavy atom. The van der Waals surface area contributed by atoms with Crippen LogP contribution in [0.2, 0.25) is 23.2 Å². The number of sulfone groups is 1. The molecule has 3 rings (SSSR count). The minimum Gasteiger partial charge on any atom is -0.598 e. The van der Waals surface area contributed by atoms with Crippen molar-refractivity contribution in [3.63, 3.8) is 0 Å². The van der Waals surface area contributed by atoms with E-state index in [2.05, 4.69) is 38.6 Å². The van der Waals surface area contributed by atoms with Gasteiger partial charge < -0.3 is 13.5 Å². The smallest absolute Gasteiger partial charge is 0.250 e. The molecule has 0 aliphatic heterocycles. The topological polar surface area (TPSA) is 118 Å². The molecule has 0 saturated heterocycles. The summed E-state index contributed by atoms with van der Waals surface area (Å²) in [6.45, 7) is 18.1. The van der Waals surface area contributed by atoms with Gasteiger partial charge in [0.25, 0.3) is 5.56 Å². The monoisotopic (exact) mass is 738 g/mol. The van der Waals surface area contributed by atoms with Crippen LogP contribution in [-0.4, -0.2) is 48.7 Å². The second kappa shape index (κ2) is 15.3. The molecule has 0 aliphatic rings. The summed E-state index contributed by atoms with van der Waals surface area (Å²) in [6.07, 6.45) is 1.95. The van der Waals surface area contributed by atoms with Crippen LogP contribution in [0.15, 0.2) is 53.5 Å². The Balaban J connectivity index is 2.31. The Kier molecular flexibility index (Phi) is 12.8. The van der Waals surface area contributed by atoms with Crippen LogP contribution in [0, 0.1) is 5.82 Å². The third kappa shape index (κ3) is 9.89. The molecule has 1 aromatic heterocycles. The van der Waals surface area contributed by atoms with Gasteiger partial charge in [-0.1, -0.05) is 51.4 Å². The predicted molar refractivity (Wildman–Crippen MR) is 197 cm³/mol. The van der Waals surface area contributed by atoms with E-state index in [0.29, 0.717) is 35.3 Å². The summed E-state index contributed by atoms with van der Waals surface area (Å²) in [5.74, 6) is -1.45. The van der Waals surface area contributed by atoms with E-state index < -0.39 is 51.9 Å². The van der Waals surface area contributed by atoms with Crippen molar-refractivity contribution in [2.45, 2.75) is 89.6 Å². The van der Waals surface area contributed by atoms with E-state index in [9.17, 15) is 27.0 Å². The summed E-state index contributed by atoms with van der Waals surface area (Å²) >= 11 is 4.77. The van der Waals surface area contributed by atoms with Crippen molar-refractivity contribution in [1.82, 2.24) is 9.29 Å². The number of nitrogens with one attached hydrogen (secondary N) is 1. The van der Waals surface area contributed by atoms with Crippen LogP contribution in [-0.2, 0) is 38.4 Å². The lowest BCUT2D eigenvalue weighted by atomic mass is 9.88. The van der Waals surface area contributed by atoms with Gasteiger partial charge >= 0.3 is 0 Å². The molecule has 1 heterocycles. The number of benzene rings is 2. The van der Waals surface area contributed by atoms with Crippen molar-refractivity contribution < 1.29 is 26.6 Å². The number of rotatable bonds is 13. The summed E-state index contributed by atoms with van der Waals surface area (Å²) < 4.78 is 63.3. The van der Waals surface area contributed by atoms with Gasteiger partial charge in [0.2, 0.25) is 0 Å². The van der Waals surface area contributed by atoms with Crippen LogP contribution < -0.4 is 10.3 Å². The third-order valence-electron chi connectivity index (χ3n) is 8.74. The largest absolute Gasteiger partial charge is 0.598 e. The van der Waals surface area contributed by atoms with E-state index in [1.54, 1.807) is 32.3 Å². The zero-order valence-electron chi connectivity index (χ0n) is 29.5. The molecule has 0 aliphatic carbocycles. The number of carbonyl (C=O) groups excluding carboxylic acids is 1. The number of ketones is 1. The van der Waals surface area contributed by atoms with Gasteiger partial charge in [-0.05, 0) is 86.3 Å². The number of hydrogen-bond acceptors (Lipinski definition) is 7. The fourth-order valence-corrected chi connectivity index (χ4v) is 7.73. The molecule has 0 radical (unpaired) electrons. The Morgan fingerprint density at radius 3 is 2.25 bits per heavy atom. The first-order valence-corrected chi connectivity index (χ1v) is 22.1. The van der Waals surface area contributed by atoms with Crippen LogP contribution in [0.4, 0.5) is 4.39 Å². The highest BCUT2D eigenvalue weighted by molar-refractivity contribution is 7.91. The van der Waals surface area contributed by atoms with Gasteiger partial charge in [0.05, 0.1) is 16.8 Å². The van der Waals surface area contributed by atoms with Gasteiger partial charge in [-0.2, -0.15) is 0 Å². The number of aromatic nitrogens is 1. The third-order valence-corrected chi connectivity index (χ3v) is 16.9. The summed E-state index contributed by atoms with van der Waals surface area (Å²) in [5.41, 5.74) is 1.65. The van der Waals surface area contributed by atoms with Gasteiger partial charge in [0.1, 0.15) is 10.6 Å². The molecular weight excluding hydrogens is 691 g/mol.